The maximum Gasteiger partial charge on any atom is 0.220 e. The van der Waals surface area contributed by atoms with Crippen LogP contribution < -0.4 is 10.5 Å². The van der Waals surface area contributed by atoms with E-state index in [1.807, 2.05) is 30.3 Å². The van der Waals surface area contributed by atoms with E-state index in [0.29, 0.717) is 5.95 Å². The maximum atomic E-state index is 5.80. The summed E-state index contributed by atoms with van der Waals surface area (Å²) in [5, 5.41) is 0. The third kappa shape index (κ3) is 2.84. The average molecular weight is 255 g/mol. The second kappa shape index (κ2) is 4.88. The van der Waals surface area contributed by atoms with Crippen molar-refractivity contribution in [3.63, 3.8) is 0 Å². The molecule has 98 valence electrons. The minimum Gasteiger partial charge on any atom is -0.497 e. The van der Waals surface area contributed by atoms with Crippen LogP contribution in [0.2, 0.25) is 0 Å². The topological polar surface area (TPSA) is 61.0 Å². The van der Waals surface area contributed by atoms with Crippen molar-refractivity contribution in [3.8, 4) is 17.0 Å². The number of ether oxygens (including phenoxy) is 1. The van der Waals surface area contributed by atoms with E-state index in [9.17, 15) is 0 Å². The van der Waals surface area contributed by atoms with Crippen LogP contribution in [0.25, 0.3) is 11.3 Å². The molecule has 2 N–H and O–H groups in total. The first-order valence-electron chi connectivity index (χ1n) is 6.52. The molecule has 1 aromatic heterocycles. The molecule has 0 radical (unpaired) electrons. The molecule has 0 bridgehead atoms. The number of nitrogens with two attached hydrogens (primary N) is 1. The van der Waals surface area contributed by atoms with Gasteiger partial charge in [-0.1, -0.05) is 0 Å². The Balaban J connectivity index is 1.91. The molecule has 1 aliphatic rings. The molecule has 0 aliphatic heterocycles. The van der Waals surface area contributed by atoms with E-state index in [4.69, 9.17) is 10.5 Å². The molecule has 3 rings (SSSR count). The predicted molar refractivity (Wildman–Crippen MR) is 74.9 cm³/mol. The van der Waals surface area contributed by atoms with Crippen LogP contribution in [0.1, 0.15) is 18.5 Å². The largest absolute Gasteiger partial charge is 0.497 e. The van der Waals surface area contributed by atoms with Gasteiger partial charge in [0.05, 0.1) is 12.8 Å². The van der Waals surface area contributed by atoms with E-state index in [-0.39, 0.29) is 0 Å². The van der Waals surface area contributed by atoms with Crippen LogP contribution in [0, 0.1) is 5.92 Å². The van der Waals surface area contributed by atoms with E-state index in [2.05, 4.69) is 9.97 Å². The van der Waals surface area contributed by atoms with Crippen LogP contribution in [0.3, 0.4) is 0 Å². The maximum absolute atomic E-state index is 5.80. The van der Waals surface area contributed by atoms with Crippen molar-refractivity contribution in [2.75, 3.05) is 12.8 Å². The molecule has 0 amide bonds. The van der Waals surface area contributed by atoms with Crippen molar-refractivity contribution in [2.45, 2.75) is 19.3 Å². The first-order chi connectivity index (χ1) is 9.24. The molecule has 2 aromatic rings. The fourth-order valence-electron chi connectivity index (χ4n) is 2.15. The van der Waals surface area contributed by atoms with Crippen molar-refractivity contribution in [3.05, 3.63) is 36.0 Å². The van der Waals surface area contributed by atoms with Crippen LogP contribution in [0.5, 0.6) is 5.75 Å². The number of aromatic nitrogens is 2. The lowest BCUT2D eigenvalue weighted by atomic mass is 10.1. The molecule has 1 aliphatic carbocycles. The van der Waals surface area contributed by atoms with E-state index in [0.717, 1.165) is 35.0 Å². The van der Waals surface area contributed by atoms with Crippen LogP contribution in [-0.4, -0.2) is 17.1 Å². The highest BCUT2D eigenvalue weighted by molar-refractivity contribution is 5.61. The number of rotatable bonds is 4. The first kappa shape index (κ1) is 12.0. The number of nitrogen functional groups attached to an aromatic ring is 1. The highest BCUT2D eigenvalue weighted by Gasteiger charge is 2.22. The minimum absolute atomic E-state index is 0.351. The van der Waals surface area contributed by atoms with Crippen molar-refractivity contribution in [2.24, 2.45) is 5.92 Å². The molecular formula is C15H17N3O. The molecule has 1 aromatic carbocycles. The fraction of sp³-hybridized carbons (Fsp3) is 0.333. The summed E-state index contributed by atoms with van der Waals surface area (Å²) in [7, 11) is 1.66. The van der Waals surface area contributed by atoms with Gasteiger partial charge in [0, 0.05) is 11.3 Å². The summed E-state index contributed by atoms with van der Waals surface area (Å²) in [6, 6.07) is 9.86. The summed E-state index contributed by atoms with van der Waals surface area (Å²) in [4.78, 5) is 8.63. The molecule has 19 heavy (non-hydrogen) atoms. The van der Waals surface area contributed by atoms with E-state index >= 15 is 0 Å². The van der Waals surface area contributed by atoms with Crippen molar-refractivity contribution < 1.29 is 4.74 Å². The highest BCUT2D eigenvalue weighted by Crippen LogP contribution is 2.33. The summed E-state index contributed by atoms with van der Waals surface area (Å²) in [6.07, 6.45) is 3.62. The molecule has 1 saturated carbocycles. The van der Waals surface area contributed by atoms with E-state index in [1.165, 1.54) is 12.8 Å². The minimum atomic E-state index is 0.351. The fourth-order valence-corrected chi connectivity index (χ4v) is 2.15. The average Bonchev–Trinajstić information content (AvgIpc) is 3.22. The Kier molecular flexibility index (Phi) is 3.07. The van der Waals surface area contributed by atoms with Crippen molar-refractivity contribution in [1.29, 1.82) is 0 Å². The van der Waals surface area contributed by atoms with E-state index in [1.54, 1.807) is 7.11 Å². The van der Waals surface area contributed by atoms with Gasteiger partial charge in [-0.2, -0.15) is 0 Å². The normalized spacial score (nSPS) is 14.4. The summed E-state index contributed by atoms with van der Waals surface area (Å²) < 4.78 is 5.16. The number of nitrogens with zero attached hydrogens (tertiary/aromatic N) is 2. The molecule has 4 nitrogen and oxygen atoms in total. The van der Waals surface area contributed by atoms with Gasteiger partial charge in [0.25, 0.3) is 0 Å². The second-order valence-electron chi connectivity index (χ2n) is 4.98. The molecule has 1 heterocycles. The Hall–Kier alpha value is -2.10. The zero-order valence-electron chi connectivity index (χ0n) is 11.0. The van der Waals surface area contributed by atoms with Gasteiger partial charge < -0.3 is 10.5 Å². The lowest BCUT2D eigenvalue weighted by Crippen LogP contribution is -2.01. The summed E-state index contributed by atoms with van der Waals surface area (Å²) >= 11 is 0. The Labute approximate surface area is 112 Å². The van der Waals surface area contributed by atoms with Gasteiger partial charge >= 0.3 is 0 Å². The van der Waals surface area contributed by atoms with Gasteiger partial charge in [0.2, 0.25) is 5.95 Å². The van der Waals surface area contributed by atoms with Crippen LogP contribution in [0.4, 0.5) is 5.95 Å². The van der Waals surface area contributed by atoms with Gasteiger partial charge in [0.1, 0.15) is 5.75 Å². The highest BCUT2D eigenvalue weighted by atomic mass is 16.5. The van der Waals surface area contributed by atoms with Gasteiger partial charge in [-0.25, -0.2) is 9.97 Å². The number of anilines is 1. The molecular weight excluding hydrogens is 238 g/mol. The Bertz CT molecular complexity index is 576. The van der Waals surface area contributed by atoms with Gasteiger partial charge in [-0.05, 0) is 55.5 Å². The van der Waals surface area contributed by atoms with Gasteiger partial charge in [-0.15, -0.1) is 0 Å². The molecule has 4 heteroatoms. The summed E-state index contributed by atoms with van der Waals surface area (Å²) in [5.41, 5.74) is 8.76. The Morgan fingerprint density at radius 3 is 2.58 bits per heavy atom. The smallest absolute Gasteiger partial charge is 0.220 e. The van der Waals surface area contributed by atoms with Crippen molar-refractivity contribution >= 4 is 5.95 Å². The SMILES string of the molecule is COc1ccc(-c2cc(CC3CC3)nc(N)n2)cc1. The Morgan fingerprint density at radius 1 is 1.21 bits per heavy atom. The molecule has 0 spiro atoms. The second-order valence-corrected chi connectivity index (χ2v) is 4.98. The lowest BCUT2D eigenvalue weighted by molar-refractivity contribution is 0.415. The standard InChI is InChI=1S/C15H17N3O/c1-19-13-6-4-11(5-7-13)14-9-12(8-10-2-3-10)17-15(16)18-14/h4-7,9-10H,2-3,8H2,1H3,(H2,16,17,18). The quantitative estimate of drug-likeness (QED) is 0.912. The third-order valence-electron chi connectivity index (χ3n) is 3.38. The van der Waals surface area contributed by atoms with E-state index < -0.39 is 0 Å². The zero-order chi connectivity index (χ0) is 13.2. The third-order valence-corrected chi connectivity index (χ3v) is 3.38. The summed E-state index contributed by atoms with van der Waals surface area (Å²) in [6.45, 7) is 0. The molecule has 1 fully saturated rings. The van der Waals surface area contributed by atoms with Crippen LogP contribution >= 0.6 is 0 Å². The number of hydrogen-bond acceptors (Lipinski definition) is 4. The van der Waals surface area contributed by atoms with Crippen LogP contribution in [0.15, 0.2) is 30.3 Å². The Morgan fingerprint density at radius 2 is 1.95 bits per heavy atom. The number of benzene rings is 1. The predicted octanol–water partition coefficient (Wildman–Crippen LogP) is 2.69. The molecule has 0 saturated heterocycles. The van der Waals surface area contributed by atoms with Crippen molar-refractivity contribution in [1.82, 2.24) is 9.97 Å². The monoisotopic (exact) mass is 255 g/mol. The summed E-state index contributed by atoms with van der Waals surface area (Å²) in [5.74, 6) is 1.98. The number of methoxy groups -OCH3 is 1. The van der Waals surface area contributed by atoms with Crippen LogP contribution in [-0.2, 0) is 6.42 Å². The lowest BCUT2D eigenvalue weighted by Gasteiger charge is -2.06. The molecule has 0 atom stereocenters. The van der Waals surface area contributed by atoms with Gasteiger partial charge in [0.15, 0.2) is 0 Å². The van der Waals surface area contributed by atoms with Gasteiger partial charge in [-0.3, -0.25) is 0 Å². The molecule has 0 unspecified atom stereocenters. The number of hydrogen-bond donors (Lipinski definition) is 1. The first-order valence-corrected chi connectivity index (χ1v) is 6.52. The zero-order valence-corrected chi connectivity index (χ0v) is 11.0.